The Morgan fingerprint density at radius 2 is 2.00 bits per heavy atom. The van der Waals surface area contributed by atoms with Gasteiger partial charge >= 0.3 is 0 Å². The van der Waals surface area contributed by atoms with Gasteiger partial charge in [-0.1, -0.05) is 30.3 Å². The first-order valence-corrected chi connectivity index (χ1v) is 5.20. The number of hydrogen-bond donors (Lipinski definition) is 1. The summed E-state index contributed by atoms with van der Waals surface area (Å²) >= 11 is 0. The first kappa shape index (κ1) is 10.7. The van der Waals surface area contributed by atoms with Crippen LogP contribution >= 0.6 is 0 Å². The van der Waals surface area contributed by atoms with Crippen molar-refractivity contribution in [2.75, 3.05) is 13.6 Å². The highest BCUT2D eigenvalue weighted by Crippen LogP contribution is 2.32. The van der Waals surface area contributed by atoms with Gasteiger partial charge in [0.05, 0.1) is 0 Å². The number of rotatable bonds is 2. The second-order valence-corrected chi connectivity index (χ2v) is 4.12. The largest absolute Gasteiger partial charge is 0.369 e. The highest BCUT2D eigenvalue weighted by atomic mass is 16.2. The van der Waals surface area contributed by atoms with E-state index in [-0.39, 0.29) is 11.8 Å². The third-order valence-corrected chi connectivity index (χ3v) is 3.05. The molecule has 2 atom stereocenters. The number of amides is 2. The molecule has 2 N–H and O–H groups in total. The van der Waals surface area contributed by atoms with Crippen molar-refractivity contribution in [3.8, 4) is 0 Å². The van der Waals surface area contributed by atoms with Crippen LogP contribution < -0.4 is 5.73 Å². The zero-order valence-electron chi connectivity index (χ0n) is 9.09. The molecule has 16 heavy (non-hydrogen) atoms. The van der Waals surface area contributed by atoms with Crippen molar-refractivity contribution in [2.45, 2.75) is 5.92 Å². The van der Waals surface area contributed by atoms with E-state index in [9.17, 15) is 9.59 Å². The van der Waals surface area contributed by atoms with Crippen LogP contribution in [0.25, 0.3) is 0 Å². The van der Waals surface area contributed by atoms with Crippen molar-refractivity contribution in [1.82, 2.24) is 4.90 Å². The first-order chi connectivity index (χ1) is 7.61. The Morgan fingerprint density at radius 1 is 1.38 bits per heavy atom. The molecule has 2 rings (SSSR count). The molecule has 2 unspecified atom stereocenters. The third-order valence-electron chi connectivity index (χ3n) is 3.05. The van der Waals surface area contributed by atoms with Crippen LogP contribution in [0, 0.1) is 5.92 Å². The monoisotopic (exact) mass is 218 g/mol. The Hall–Kier alpha value is -1.84. The van der Waals surface area contributed by atoms with Crippen molar-refractivity contribution in [1.29, 1.82) is 0 Å². The van der Waals surface area contributed by atoms with Crippen LogP contribution in [0.1, 0.15) is 11.5 Å². The Balaban J connectivity index is 2.34. The van der Waals surface area contributed by atoms with E-state index in [2.05, 4.69) is 0 Å². The lowest BCUT2D eigenvalue weighted by Crippen LogP contribution is -2.33. The SMILES string of the molecule is CN1CC(c2ccccc2)C(C(N)=O)C1=O. The highest BCUT2D eigenvalue weighted by molar-refractivity contribution is 6.02. The summed E-state index contributed by atoms with van der Waals surface area (Å²) in [5.41, 5.74) is 6.28. The lowest BCUT2D eigenvalue weighted by molar-refractivity contribution is -0.135. The van der Waals surface area contributed by atoms with Gasteiger partial charge < -0.3 is 10.6 Å². The van der Waals surface area contributed by atoms with Gasteiger partial charge in [0, 0.05) is 19.5 Å². The molecule has 1 aliphatic heterocycles. The molecule has 1 saturated heterocycles. The van der Waals surface area contributed by atoms with Crippen molar-refractivity contribution in [3.05, 3.63) is 35.9 Å². The number of nitrogens with two attached hydrogens (primary N) is 1. The summed E-state index contributed by atoms with van der Waals surface area (Å²) in [7, 11) is 1.70. The molecule has 4 nitrogen and oxygen atoms in total. The molecule has 1 fully saturated rings. The van der Waals surface area contributed by atoms with Crippen molar-refractivity contribution < 1.29 is 9.59 Å². The summed E-state index contributed by atoms with van der Waals surface area (Å²) < 4.78 is 0. The zero-order valence-corrected chi connectivity index (χ0v) is 9.09. The van der Waals surface area contributed by atoms with Crippen LogP contribution in [0.3, 0.4) is 0 Å². The lowest BCUT2D eigenvalue weighted by Gasteiger charge is -2.13. The number of nitrogens with zero attached hydrogens (tertiary/aromatic N) is 1. The molecule has 1 heterocycles. The lowest BCUT2D eigenvalue weighted by atomic mass is 9.88. The smallest absolute Gasteiger partial charge is 0.235 e. The van der Waals surface area contributed by atoms with Gasteiger partial charge in [0.2, 0.25) is 11.8 Å². The Morgan fingerprint density at radius 3 is 2.56 bits per heavy atom. The summed E-state index contributed by atoms with van der Waals surface area (Å²) in [6.07, 6.45) is 0. The molecular weight excluding hydrogens is 204 g/mol. The molecule has 2 amide bonds. The van der Waals surface area contributed by atoms with Crippen molar-refractivity contribution in [3.63, 3.8) is 0 Å². The number of primary amides is 1. The standard InChI is InChI=1S/C12H14N2O2/c1-14-7-9(8-5-3-2-4-6-8)10(11(13)15)12(14)16/h2-6,9-10H,7H2,1H3,(H2,13,15). The predicted octanol–water partition coefficient (Wildman–Crippen LogP) is 0.344. The van der Waals surface area contributed by atoms with Crippen LogP contribution in [-0.4, -0.2) is 30.3 Å². The van der Waals surface area contributed by atoms with Crippen LogP contribution in [0.4, 0.5) is 0 Å². The van der Waals surface area contributed by atoms with Crippen molar-refractivity contribution >= 4 is 11.8 Å². The van der Waals surface area contributed by atoms with E-state index in [1.165, 1.54) is 0 Å². The molecule has 0 aliphatic carbocycles. The number of likely N-dealkylation sites (tertiary alicyclic amines) is 1. The normalized spacial score (nSPS) is 24.8. The van der Waals surface area contributed by atoms with Crippen LogP contribution in [-0.2, 0) is 9.59 Å². The van der Waals surface area contributed by atoms with E-state index in [0.29, 0.717) is 6.54 Å². The zero-order chi connectivity index (χ0) is 11.7. The number of carbonyl (C=O) groups is 2. The van der Waals surface area contributed by atoms with Gasteiger partial charge in [0.25, 0.3) is 0 Å². The quantitative estimate of drug-likeness (QED) is 0.728. The Kier molecular flexibility index (Phi) is 2.64. The molecule has 1 aromatic carbocycles. The second kappa shape index (κ2) is 3.96. The van der Waals surface area contributed by atoms with E-state index >= 15 is 0 Å². The van der Waals surface area contributed by atoms with Gasteiger partial charge in [-0.3, -0.25) is 9.59 Å². The first-order valence-electron chi connectivity index (χ1n) is 5.20. The molecule has 0 spiro atoms. The van der Waals surface area contributed by atoms with Crippen LogP contribution in [0.15, 0.2) is 30.3 Å². The van der Waals surface area contributed by atoms with Gasteiger partial charge in [-0.2, -0.15) is 0 Å². The number of carbonyl (C=O) groups excluding carboxylic acids is 2. The molecule has 84 valence electrons. The van der Waals surface area contributed by atoms with E-state index in [1.807, 2.05) is 30.3 Å². The molecule has 1 aromatic rings. The van der Waals surface area contributed by atoms with Gasteiger partial charge in [0.1, 0.15) is 5.92 Å². The summed E-state index contributed by atoms with van der Waals surface area (Å²) in [4.78, 5) is 24.6. The molecular formula is C12H14N2O2. The number of hydrogen-bond acceptors (Lipinski definition) is 2. The van der Waals surface area contributed by atoms with E-state index < -0.39 is 11.8 Å². The Labute approximate surface area is 94.0 Å². The maximum atomic E-state index is 11.8. The second-order valence-electron chi connectivity index (χ2n) is 4.12. The third kappa shape index (κ3) is 1.66. The fraction of sp³-hybridized carbons (Fsp3) is 0.333. The van der Waals surface area contributed by atoms with E-state index in [4.69, 9.17) is 5.73 Å². The van der Waals surface area contributed by atoms with Gasteiger partial charge in [-0.05, 0) is 5.56 Å². The molecule has 4 heteroatoms. The average Bonchev–Trinajstić information content (AvgIpc) is 2.57. The van der Waals surface area contributed by atoms with Crippen LogP contribution in [0.2, 0.25) is 0 Å². The summed E-state index contributed by atoms with van der Waals surface area (Å²) in [5.74, 6) is -1.55. The van der Waals surface area contributed by atoms with Crippen LogP contribution in [0.5, 0.6) is 0 Å². The summed E-state index contributed by atoms with van der Waals surface area (Å²) in [6, 6.07) is 9.55. The predicted molar refractivity (Wildman–Crippen MR) is 59.5 cm³/mol. The topological polar surface area (TPSA) is 63.4 Å². The Bertz CT molecular complexity index is 416. The summed E-state index contributed by atoms with van der Waals surface area (Å²) in [6.45, 7) is 0.552. The fourth-order valence-electron chi connectivity index (χ4n) is 2.22. The number of likely N-dealkylation sites (N-methyl/N-ethyl adjacent to an activating group) is 1. The van der Waals surface area contributed by atoms with Crippen molar-refractivity contribution in [2.24, 2.45) is 11.7 Å². The maximum absolute atomic E-state index is 11.8. The fourth-order valence-corrected chi connectivity index (χ4v) is 2.22. The molecule has 0 saturated carbocycles. The minimum Gasteiger partial charge on any atom is -0.369 e. The van der Waals surface area contributed by atoms with Gasteiger partial charge in [0.15, 0.2) is 0 Å². The molecule has 0 bridgehead atoms. The van der Waals surface area contributed by atoms with Gasteiger partial charge in [-0.25, -0.2) is 0 Å². The molecule has 1 aliphatic rings. The van der Waals surface area contributed by atoms with E-state index in [0.717, 1.165) is 5.56 Å². The van der Waals surface area contributed by atoms with E-state index in [1.54, 1.807) is 11.9 Å². The average molecular weight is 218 g/mol. The maximum Gasteiger partial charge on any atom is 0.235 e. The number of benzene rings is 1. The van der Waals surface area contributed by atoms with Gasteiger partial charge in [-0.15, -0.1) is 0 Å². The molecule has 0 aromatic heterocycles. The highest BCUT2D eigenvalue weighted by Gasteiger charge is 2.42. The minimum absolute atomic E-state index is 0.115. The molecule has 0 radical (unpaired) electrons. The summed E-state index contributed by atoms with van der Waals surface area (Å²) in [5, 5.41) is 0. The minimum atomic E-state index is -0.715.